The Balaban J connectivity index is 2.44. The van der Waals surface area contributed by atoms with Crippen molar-refractivity contribution >= 4 is 11.6 Å². The molecule has 86 valence electrons. The van der Waals surface area contributed by atoms with Crippen molar-refractivity contribution in [2.24, 2.45) is 0 Å². The zero-order chi connectivity index (χ0) is 12.0. The third-order valence-corrected chi connectivity index (χ3v) is 2.42. The van der Waals surface area contributed by atoms with Gasteiger partial charge < -0.3 is 0 Å². The van der Waals surface area contributed by atoms with E-state index < -0.39 is 0 Å². The first-order valence-corrected chi connectivity index (χ1v) is 5.67. The van der Waals surface area contributed by atoms with Gasteiger partial charge in [-0.25, -0.2) is 0 Å². The molecule has 0 amide bonds. The van der Waals surface area contributed by atoms with Crippen LogP contribution >= 0.6 is 11.6 Å². The Kier molecular flexibility index (Phi) is 5.06. The lowest BCUT2D eigenvalue weighted by Crippen LogP contribution is -2.01. The van der Waals surface area contributed by atoms with Crippen molar-refractivity contribution < 1.29 is 0 Å². The highest BCUT2D eigenvalue weighted by Gasteiger charge is 1.98. The number of allylic oxidation sites excluding steroid dienone is 5. The van der Waals surface area contributed by atoms with Crippen LogP contribution in [0, 0.1) is 13.8 Å². The molecule has 0 fully saturated rings. The quantitative estimate of drug-likeness (QED) is 0.712. The molecule has 0 unspecified atom stereocenters. The molecule has 0 aliphatic heterocycles. The van der Waals surface area contributed by atoms with Crippen LogP contribution in [0.3, 0.4) is 0 Å². The second-order valence-electron chi connectivity index (χ2n) is 3.63. The summed E-state index contributed by atoms with van der Waals surface area (Å²) in [5, 5.41) is 5.08. The van der Waals surface area contributed by atoms with E-state index in [1.165, 1.54) is 5.69 Å². The highest BCUT2D eigenvalue weighted by molar-refractivity contribution is 6.31. The molecule has 2 nitrogen and oxygen atoms in total. The lowest BCUT2D eigenvalue weighted by atomic mass is 10.3. The van der Waals surface area contributed by atoms with Gasteiger partial charge in [-0.1, -0.05) is 30.3 Å². The predicted octanol–water partition coefficient (Wildman–Crippen LogP) is 3.75. The fourth-order valence-electron chi connectivity index (χ4n) is 1.46. The van der Waals surface area contributed by atoms with Gasteiger partial charge in [0.05, 0.1) is 5.69 Å². The molecule has 16 heavy (non-hydrogen) atoms. The van der Waals surface area contributed by atoms with Crippen molar-refractivity contribution in [3.8, 4) is 0 Å². The summed E-state index contributed by atoms with van der Waals surface area (Å²) in [4.78, 5) is 0. The molecule has 0 saturated heterocycles. The number of halogens is 1. The van der Waals surface area contributed by atoms with E-state index in [9.17, 15) is 0 Å². The topological polar surface area (TPSA) is 17.8 Å². The molecule has 0 bridgehead atoms. The third-order valence-electron chi connectivity index (χ3n) is 2.17. The van der Waals surface area contributed by atoms with Gasteiger partial charge in [-0.15, -0.1) is 0 Å². The molecule has 1 aromatic rings. The Hall–Kier alpha value is -1.28. The zero-order valence-electron chi connectivity index (χ0n) is 9.78. The van der Waals surface area contributed by atoms with Crippen LogP contribution in [0.25, 0.3) is 0 Å². The summed E-state index contributed by atoms with van der Waals surface area (Å²) < 4.78 is 2.00. The summed E-state index contributed by atoms with van der Waals surface area (Å²) >= 11 is 5.88. The van der Waals surface area contributed by atoms with Gasteiger partial charge in [0.1, 0.15) is 0 Å². The molecular weight excluding hydrogens is 220 g/mol. The summed E-state index contributed by atoms with van der Waals surface area (Å²) in [6.07, 6.45) is 8.28. The Bertz CT molecular complexity index is 414. The van der Waals surface area contributed by atoms with Crippen LogP contribution in [0.15, 0.2) is 42.0 Å². The maximum atomic E-state index is 5.88. The van der Waals surface area contributed by atoms with Gasteiger partial charge >= 0.3 is 0 Å². The number of aryl methyl sites for hydroxylation is 3. The van der Waals surface area contributed by atoms with Crippen LogP contribution < -0.4 is 0 Å². The van der Waals surface area contributed by atoms with Crippen LogP contribution in [0.2, 0.25) is 0 Å². The van der Waals surface area contributed by atoms with Gasteiger partial charge in [0, 0.05) is 17.3 Å². The third kappa shape index (κ3) is 4.07. The van der Waals surface area contributed by atoms with Gasteiger partial charge in [-0.05, 0) is 38.5 Å². The van der Waals surface area contributed by atoms with Crippen LogP contribution in [-0.4, -0.2) is 9.78 Å². The van der Waals surface area contributed by atoms with Crippen molar-refractivity contribution in [1.29, 1.82) is 0 Å². The smallest absolute Gasteiger partial charge is 0.0596 e. The average molecular weight is 237 g/mol. The van der Waals surface area contributed by atoms with Crippen molar-refractivity contribution in [2.45, 2.75) is 26.8 Å². The zero-order valence-corrected chi connectivity index (χ0v) is 10.5. The summed E-state index contributed by atoms with van der Waals surface area (Å²) in [6, 6.07) is 2.08. The summed E-state index contributed by atoms with van der Waals surface area (Å²) in [5.41, 5.74) is 2.25. The van der Waals surface area contributed by atoms with E-state index in [0.29, 0.717) is 5.03 Å². The molecule has 0 saturated carbocycles. The number of aromatic nitrogens is 2. The highest BCUT2D eigenvalue weighted by Crippen LogP contribution is 2.06. The lowest BCUT2D eigenvalue weighted by molar-refractivity contribution is 0.602. The van der Waals surface area contributed by atoms with Crippen molar-refractivity contribution in [2.75, 3.05) is 0 Å². The summed E-state index contributed by atoms with van der Waals surface area (Å²) in [6.45, 7) is 8.53. The Morgan fingerprint density at radius 3 is 2.88 bits per heavy atom. The fraction of sp³-hybridized carbons (Fsp3) is 0.308. The van der Waals surface area contributed by atoms with Gasteiger partial charge in [-0.3, -0.25) is 4.68 Å². The predicted molar refractivity (Wildman–Crippen MR) is 69.6 cm³/mol. The van der Waals surface area contributed by atoms with Crippen molar-refractivity contribution in [1.82, 2.24) is 9.78 Å². The molecule has 0 spiro atoms. The Morgan fingerprint density at radius 1 is 1.56 bits per heavy atom. The van der Waals surface area contributed by atoms with E-state index in [1.54, 1.807) is 12.2 Å². The van der Waals surface area contributed by atoms with Crippen molar-refractivity contribution in [3.63, 3.8) is 0 Å². The largest absolute Gasteiger partial charge is 0.269 e. The maximum absolute atomic E-state index is 5.88. The first-order valence-electron chi connectivity index (χ1n) is 5.29. The Morgan fingerprint density at radius 2 is 2.31 bits per heavy atom. The average Bonchev–Trinajstić information content (AvgIpc) is 2.53. The van der Waals surface area contributed by atoms with Gasteiger partial charge in [-0.2, -0.15) is 5.10 Å². The molecular formula is C13H17ClN2. The molecule has 0 N–H and O–H groups in total. The first kappa shape index (κ1) is 12.8. The lowest BCUT2D eigenvalue weighted by Gasteiger charge is -2.00. The van der Waals surface area contributed by atoms with Crippen LogP contribution in [0.4, 0.5) is 0 Å². The molecule has 0 aliphatic carbocycles. The van der Waals surface area contributed by atoms with E-state index in [4.69, 9.17) is 11.6 Å². The van der Waals surface area contributed by atoms with Crippen molar-refractivity contribution in [3.05, 3.63) is 53.4 Å². The number of rotatable bonds is 5. The van der Waals surface area contributed by atoms with Crippen LogP contribution in [0.5, 0.6) is 0 Å². The molecule has 1 heterocycles. The highest BCUT2D eigenvalue weighted by atomic mass is 35.5. The number of hydrogen-bond acceptors (Lipinski definition) is 1. The normalized spacial score (nSPS) is 12.3. The second-order valence-corrected chi connectivity index (χ2v) is 4.06. The summed E-state index contributed by atoms with van der Waals surface area (Å²) in [7, 11) is 0. The molecule has 1 aromatic heterocycles. The molecule has 0 atom stereocenters. The molecule has 3 heteroatoms. The standard InChI is InChI=1S/C13H17ClN2/c1-4-7-13(14)8-5-6-9-16-12(3)10-11(2)15-16/h4-5,7-8,10H,1,6,9H2,2-3H3/b8-5-,13-7+. The number of hydrogen-bond donors (Lipinski definition) is 0. The summed E-state index contributed by atoms with van der Waals surface area (Å²) in [5.74, 6) is 0. The molecule has 0 aliphatic rings. The van der Waals surface area contributed by atoms with Gasteiger partial charge in [0.2, 0.25) is 0 Å². The minimum atomic E-state index is 0.698. The van der Waals surface area contributed by atoms with Gasteiger partial charge in [0.25, 0.3) is 0 Å². The minimum Gasteiger partial charge on any atom is -0.269 e. The second kappa shape index (κ2) is 6.33. The Labute approximate surface area is 102 Å². The molecule has 0 radical (unpaired) electrons. The SMILES string of the molecule is C=C/C=C(Cl)\C=C/CCn1nc(C)cc1C. The van der Waals surface area contributed by atoms with E-state index >= 15 is 0 Å². The van der Waals surface area contributed by atoms with Gasteiger partial charge in [0.15, 0.2) is 0 Å². The molecule has 1 rings (SSSR count). The van der Waals surface area contributed by atoms with Crippen LogP contribution in [0.1, 0.15) is 17.8 Å². The van der Waals surface area contributed by atoms with E-state index in [1.807, 2.05) is 23.8 Å². The van der Waals surface area contributed by atoms with E-state index in [0.717, 1.165) is 18.7 Å². The maximum Gasteiger partial charge on any atom is 0.0596 e. The molecule has 0 aromatic carbocycles. The first-order chi connectivity index (χ1) is 7.63. The van der Waals surface area contributed by atoms with E-state index in [2.05, 4.69) is 24.7 Å². The fourth-order valence-corrected chi connectivity index (χ4v) is 1.64. The number of nitrogens with zero attached hydrogens (tertiary/aromatic N) is 2. The monoisotopic (exact) mass is 236 g/mol. The van der Waals surface area contributed by atoms with Crippen LogP contribution in [-0.2, 0) is 6.54 Å². The minimum absolute atomic E-state index is 0.698. The van der Waals surface area contributed by atoms with E-state index in [-0.39, 0.29) is 0 Å².